The summed E-state index contributed by atoms with van der Waals surface area (Å²) in [5, 5.41) is 0.174. The van der Waals surface area contributed by atoms with Crippen molar-refractivity contribution in [3.8, 4) is 0 Å². The second-order valence-electron chi connectivity index (χ2n) is 4.20. The predicted molar refractivity (Wildman–Crippen MR) is 70.7 cm³/mol. The van der Waals surface area contributed by atoms with Crippen molar-refractivity contribution in [1.29, 1.82) is 0 Å². The number of carbonyl (C=O) groups excluding carboxylic acids is 1. The summed E-state index contributed by atoms with van der Waals surface area (Å²) in [7, 11) is 0. The zero-order chi connectivity index (χ0) is 12.1. The highest BCUT2D eigenvalue weighted by Gasteiger charge is 2.29. The molecule has 92 valence electrons. The molecule has 0 radical (unpaired) electrons. The maximum absolute atomic E-state index is 12.1. The summed E-state index contributed by atoms with van der Waals surface area (Å²) in [6.07, 6.45) is 6.37. The Morgan fingerprint density at radius 3 is 3.24 bits per heavy atom. The number of nitrogens with zero attached hydrogens (tertiary/aromatic N) is 2. The molecule has 2 heterocycles. The van der Waals surface area contributed by atoms with Crippen LogP contribution in [0.25, 0.3) is 0 Å². The molecule has 0 aliphatic carbocycles. The molecular weight excluding hydrogens is 232 g/mol. The Labute approximate surface area is 107 Å². The van der Waals surface area contributed by atoms with Crippen LogP contribution in [-0.4, -0.2) is 28.1 Å². The van der Waals surface area contributed by atoms with Gasteiger partial charge in [-0.25, -0.2) is 0 Å². The molecule has 1 aromatic heterocycles. The number of rotatable bonds is 4. The Morgan fingerprint density at radius 2 is 2.53 bits per heavy atom. The van der Waals surface area contributed by atoms with Crippen molar-refractivity contribution in [3.05, 3.63) is 30.1 Å². The fourth-order valence-corrected chi connectivity index (χ4v) is 3.26. The van der Waals surface area contributed by atoms with Crippen molar-refractivity contribution in [3.63, 3.8) is 0 Å². The van der Waals surface area contributed by atoms with Gasteiger partial charge >= 0.3 is 0 Å². The lowest BCUT2D eigenvalue weighted by Gasteiger charge is -2.23. The van der Waals surface area contributed by atoms with Gasteiger partial charge < -0.3 is 4.90 Å². The number of amides is 1. The molecule has 0 bridgehead atoms. The first-order valence-electron chi connectivity index (χ1n) is 6.14. The molecule has 0 spiro atoms. The van der Waals surface area contributed by atoms with Crippen LogP contribution in [0.1, 0.15) is 37.1 Å². The summed E-state index contributed by atoms with van der Waals surface area (Å²) < 4.78 is 0. The van der Waals surface area contributed by atoms with Crippen LogP contribution in [0.2, 0.25) is 0 Å². The SMILES string of the molecule is CCCCC(=O)N1CCS[C@H]1c1cccnc1. The van der Waals surface area contributed by atoms with Crippen LogP contribution in [0.3, 0.4) is 0 Å². The lowest BCUT2D eigenvalue weighted by atomic mass is 10.2. The Bertz CT molecular complexity index is 369. The third-order valence-corrected chi connectivity index (χ3v) is 4.19. The molecule has 0 N–H and O–H groups in total. The molecule has 1 aliphatic rings. The number of pyridine rings is 1. The van der Waals surface area contributed by atoms with Gasteiger partial charge in [0.05, 0.1) is 0 Å². The minimum atomic E-state index is 0.174. The van der Waals surface area contributed by atoms with Gasteiger partial charge in [0.1, 0.15) is 5.37 Å². The Balaban J connectivity index is 2.05. The zero-order valence-corrected chi connectivity index (χ0v) is 10.9. The van der Waals surface area contributed by atoms with Gasteiger partial charge in [-0.15, -0.1) is 11.8 Å². The first kappa shape index (κ1) is 12.4. The average Bonchev–Trinajstić information content (AvgIpc) is 2.86. The highest BCUT2D eigenvalue weighted by atomic mass is 32.2. The second-order valence-corrected chi connectivity index (χ2v) is 5.39. The van der Waals surface area contributed by atoms with E-state index in [0.29, 0.717) is 6.42 Å². The van der Waals surface area contributed by atoms with Crippen LogP contribution in [0.4, 0.5) is 0 Å². The molecule has 1 fully saturated rings. The van der Waals surface area contributed by atoms with Crippen molar-refractivity contribution in [1.82, 2.24) is 9.88 Å². The van der Waals surface area contributed by atoms with E-state index >= 15 is 0 Å². The third-order valence-electron chi connectivity index (χ3n) is 2.93. The maximum atomic E-state index is 12.1. The number of hydrogen-bond acceptors (Lipinski definition) is 3. The smallest absolute Gasteiger partial charge is 0.223 e. The van der Waals surface area contributed by atoms with Crippen molar-refractivity contribution in [2.45, 2.75) is 31.6 Å². The van der Waals surface area contributed by atoms with Gasteiger partial charge in [-0.3, -0.25) is 9.78 Å². The number of thioether (sulfide) groups is 1. The summed E-state index contributed by atoms with van der Waals surface area (Å²) in [5.41, 5.74) is 1.14. The predicted octanol–water partition coefficient (Wildman–Crippen LogP) is 2.85. The van der Waals surface area contributed by atoms with E-state index < -0.39 is 0 Å². The lowest BCUT2D eigenvalue weighted by Crippen LogP contribution is -2.30. The van der Waals surface area contributed by atoms with Gasteiger partial charge in [0.25, 0.3) is 0 Å². The van der Waals surface area contributed by atoms with Crippen LogP contribution in [0.5, 0.6) is 0 Å². The van der Waals surface area contributed by atoms with E-state index in [1.807, 2.05) is 28.9 Å². The van der Waals surface area contributed by atoms with E-state index in [2.05, 4.69) is 18.0 Å². The van der Waals surface area contributed by atoms with E-state index in [1.165, 1.54) is 0 Å². The van der Waals surface area contributed by atoms with Crippen molar-refractivity contribution in [2.75, 3.05) is 12.3 Å². The summed E-state index contributed by atoms with van der Waals surface area (Å²) in [6, 6.07) is 3.99. The van der Waals surface area contributed by atoms with Crippen molar-refractivity contribution < 1.29 is 4.79 Å². The molecule has 1 aliphatic heterocycles. The summed E-state index contributed by atoms with van der Waals surface area (Å²) in [4.78, 5) is 18.2. The standard InChI is InChI=1S/C13H18N2OS/c1-2-3-6-12(16)15-8-9-17-13(15)11-5-4-7-14-10-11/h4-5,7,10,13H,2-3,6,8-9H2,1H3/t13-/m0/s1. The minimum absolute atomic E-state index is 0.174. The van der Waals surface area contributed by atoms with Crippen LogP contribution >= 0.6 is 11.8 Å². The molecule has 0 saturated carbocycles. The quantitative estimate of drug-likeness (QED) is 0.824. The largest absolute Gasteiger partial charge is 0.326 e. The van der Waals surface area contributed by atoms with Crippen LogP contribution in [0, 0.1) is 0 Å². The van der Waals surface area contributed by atoms with E-state index in [9.17, 15) is 4.79 Å². The van der Waals surface area contributed by atoms with Gasteiger partial charge in [-0.05, 0) is 12.5 Å². The van der Waals surface area contributed by atoms with Crippen molar-refractivity contribution in [2.24, 2.45) is 0 Å². The maximum Gasteiger partial charge on any atom is 0.223 e. The molecule has 1 saturated heterocycles. The molecule has 2 rings (SSSR count). The molecule has 1 amide bonds. The van der Waals surface area contributed by atoms with Gasteiger partial charge in [0.2, 0.25) is 5.91 Å². The van der Waals surface area contributed by atoms with E-state index in [-0.39, 0.29) is 11.3 Å². The lowest BCUT2D eigenvalue weighted by molar-refractivity contribution is -0.131. The van der Waals surface area contributed by atoms with E-state index in [4.69, 9.17) is 0 Å². The Hall–Kier alpha value is -1.03. The Morgan fingerprint density at radius 1 is 1.65 bits per heavy atom. The first-order chi connectivity index (χ1) is 8.33. The molecule has 0 aromatic carbocycles. The number of aromatic nitrogens is 1. The van der Waals surface area contributed by atoms with Crippen LogP contribution in [0.15, 0.2) is 24.5 Å². The van der Waals surface area contributed by atoms with E-state index in [0.717, 1.165) is 30.7 Å². The van der Waals surface area contributed by atoms with Gasteiger partial charge in [0, 0.05) is 36.7 Å². The molecule has 3 nitrogen and oxygen atoms in total. The fourth-order valence-electron chi connectivity index (χ4n) is 2.00. The summed E-state index contributed by atoms with van der Waals surface area (Å²) >= 11 is 1.83. The van der Waals surface area contributed by atoms with Gasteiger partial charge in [-0.2, -0.15) is 0 Å². The van der Waals surface area contributed by atoms with Gasteiger partial charge in [-0.1, -0.05) is 19.4 Å². The minimum Gasteiger partial charge on any atom is -0.326 e. The number of hydrogen-bond donors (Lipinski definition) is 0. The fraction of sp³-hybridized carbons (Fsp3) is 0.538. The highest BCUT2D eigenvalue weighted by molar-refractivity contribution is 7.99. The molecular formula is C13H18N2OS. The molecule has 0 unspecified atom stereocenters. The highest BCUT2D eigenvalue weighted by Crippen LogP contribution is 2.37. The third kappa shape index (κ3) is 3.00. The second kappa shape index (κ2) is 6.05. The van der Waals surface area contributed by atoms with Crippen molar-refractivity contribution >= 4 is 17.7 Å². The summed E-state index contributed by atoms with van der Waals surface area (Å²) in [5.74, 6) is 1.31. The molecule has 17 heavy (non-hydrogen) atoms. The number of carbonyl (C=O) groups is 1. The van der Waals surface area contributed by atoms with E-state index in [1.54, 1.807) is 6.20 Å². The average molecular weight is 250 g/mol. The molecule has 1 atom stereocenters. The summed E-state index contributed by atoms with van der Waals surface area (Å²) in [6.45, 7) is 2.98. The van der Waals surface area contributed by atoms with Crippen LogP contribution in [-0.2, 0) is 4.79 Å². The zero-order valence-electron chi connectivity index (χ0n) is 10.1. The number of unbranched alkanes of at least 4 members (excludes halogenated alkanes) is 1. The molecule has 1 aromatic rings. The topological polar surface area (TPSA) is 33.2 Å². The molecule has 4 heteroatoms. The van der Waals surface area contributed by atoms with Crippen LogP contribution < -0.4 is 0 Å². The monoisotopic (exact) mass is 250 g/mol. The first-order valence-corrected chi connectivity index (χ1v) is 7.19. The normalized spacial score (nSPS) is 19.6. The Kier molecular flexibility index (Phi) is 4.42. The van der Waals surface area contributed by atoms with Gasteiger partial charge in [0.15, 0.2) is 0 Å².